The van der Waals surface area contributed by atoms with Crippen LogP contribution in [-0.4, -0.2) is 23.3 Å². The summed E-state index contributed by atoms with van der Waals surface area (Å²) in [5.41, 5.74) is 3.61. The summed E-state index contributed by atoms with van der Waals surface area (Å²) >= 11 is 1.42. The molecule has 1 aromatic carbocycles. The van der Waals surface area contributed by atoms with Gasteiger partial charge in [0.05, 0.1) is 18.7 Å². The van der Waals surface area contributed by atoms with Crippen LogP contribution in [0, 0.1) is 39.3 Å². The lowest BCUT2D eigenvalue weighted by molar-refractivity contribution is 0.0137. The van der Waals surface area contributed by atoms with Crippen molar-refractivity contribution < 1.29 is 9.13 Å². The van der Waals surface area contributed by atoms with E-state index in [0.29, 0.717) is 18.8 Å². The molecule has 1 spiro atoms. The zero-order chi connectivity index (χ0) is 17.2. The quantitative estimate of drug-likeness (QED) is 0.890. The van der Waals surface area contributed by atoms with E-state index in [1.165, 1.54) is 23.9 Å². The summed E-state index contributed by atoms with van der Waals surface area (Å²) in [6.45, 7) is 2.37. The summed E-state index contributed by atoms with van der Waals surface area (Å²) < 4.78 is 19.3. The molecule has 2 fully saturated rings. The van der Waals surface area contributed by atoms with E-state index in [-0.39, 0.29) is 11.7 Å². The van der Waals surface area contributed by atoms with Crippen molar-refractivity contribution in [2.75, 3.05) is 12.4 Å². The molecule has 24 heavy (non-hydrogen) atoms. The normalized spacial score (nSPS) is 42.2. The molecule has 1 aliphatic carbocycles. The van der Waals surface area contributed by atoms with E-state index in [9.17, 15) is 14.9 Å². The number of nitriles is 2. The van der Waals surface area contributed by atoms with Gasteiger partial charge < -0.3 is 10.5 Å². The SMILES string of the molecule is CC[C@]1(c2ccc(F)cc2)[C@]2(C#N)C(N)=N[C@@]3(OCCS3)[C@@]21C#N. The fourth-order valence-corrected chi connectivity index (χ4v) is 6.30. The second kappa shape index (κ2) is 4.50. The highest BCUT2D eigenvalue weighted by molar-refractivity contribution is 8.00. The number of hydrogen-bond acceptors (Lipinski definition) is 6. The molecule has 1 aromatic rings. The highest BCUT2D eigenvalue weighted by Gasteiger charge is 3.00. The van der Waals surface area contributed by atoms with Gasteiger partial charge in [0.2, 0.25) is 5.06 Å². The molecule has 2 heterocycles. The zero-order valence-corrected chi connectivity index (χ0v) is 13.9. The molecule has 4 rings (SSSR count). The van der Waals surface area contributed by atoms with Gasteiger partial charge in [0, 0.05) is 11.2 Å². The third-order valence-electron chi connectivity index (χ3n) is 5.79. The van der Waals surface area contributed by atoms with Gasteiger partial charge in [-0.1, -0.05) is 30.8 Å². The standard InChI is InChI=1S/C17H15FN4OS/c1-2-14(11-3-5-12(18)6-4-11)15(9-19)13(21)22-17(16(14,15)10-20)23-7-8-24-17/h3-6H,2,7-8H2,1H3,(H2,21,22)/t14-,15-,16+,17+/m0/s1. The van der Waals surface area contributed by atoms with E-state index in [0.717, 1.165) is 5.56 Å². The van der Waals surface area contributed by atoms with Gasteiger partial charge in [-0.25, -0.2) is 9.38 Å². The lowest BCUT2D eigenvalue weighted by Gasteiger charge is -2.31. The van der Waals surface area contributed by atoms with Crippen molar-refractivity contribution in [3.05, 3.63) is 35.6 Å². The molecule has 2 N–H and O–H groups in total. The number of benzene rings is 1. The second-order valence-electron chi connectivity index (χ2n) is 6.27. The molecule has 0 aromatic heterocycles. The molecular weight excluding hydrogens is 327 g/mol. The highest BCUT2D eigenvalue weighted by atomic mass is 32.2. The molecule has 1 saturated carbocycles. The van der Waals surface area contributed by atoms with Crippen LogP contribution in [0.4, 0.5) is 4.39 Å². The van der Waals surface area contributed by atoms with E-state index in [2.05, 4.69) is 17.1 Å². The first-order chi connectivity index (χ1) is 11.5. The lowest BCUT2D eigenvalue weighted by atomic mass is 9.81. The Kier molecular flexibility index (Phi) is 2.90. The molecular formula is C17H15FN4OS. The maximum atomic E-state index is 13.4. The van der Waals surface area contributed by atoms with Crippen LogP contribution in [0.5, 0.6) is 0 Å². The topological polar surface area (TPSA) is 95.2 Å². The maximum absolute atomic E-state index is 13.4. The average Bonchev–Trinajstić information content (AvgIpc) is 2.81. The van der Waals surface area contributed by atoms with Crippen molar-refractivity contribution in [1.29, 1.82) is 10.5 Å². The van der Waals surface area contributed by atoms with Crippen LogP contribution in [0.1, 0.15) is 18.9 Å². The van der Waals surface area contributed by atoms with E-state index < -0.39 is 21.3 Å². The van der Waals surface area contributed by atoms with Gasteiger partial charge in [-0.2, -0.15) is 10.5 Å². The van der Waals surface area contributed by atoms with Crippen LogP contribution in [0.15, 0.2) is 29.3 Å². The molecule has 4 atom stereocenters. The third-order valence-corrected chi connectivity index (χ3v) is 7.06. The van der Waals surface area contributed by atoms with Crippen LogP contribution in [0.3, 0.4) is 0 Å². The minimum Gasteiger partial charge on any atom is -0.386 e. The Hall–Kier alpha value is -2.09. The Morgan fingerprint density at radius 2 is 2.04 bits per heavy atom. The molecule has 0 amide bonds. The first kappa shape index (κ1) is 15.4. The first-order valence-electron chi connectivity index (χ1n) is 7.74. The summed E-state index contributed by atoms with van der Waals surface area (Å²) in [6, 6.07) is 10.6. The molecule has 0 radical (unpaired) electrons. The van der Waals surface area contributed by atoms with Gasteiger partial charge in [0.25, 0.3) is 0 Å². The van der Waals surface area contributed by atoms with Gasteiger partial charge in [0.1, 0.15) is 11.7 Å². The monoisotopic (exact) mass is 342 g/mol. The number of nitrogens with zero attached hydrogens (tertiary/aromatic N) is 3. The van der Waals surface area contributed by atoms with E-state index in [4.69, 9.17) is 10.5 Å². The number of amidine groups is 1. The van der Waals surface area contributed by atoms with Crippen LogP contribution < -0.4 is 5.73 Å². The Morgan fingerprint density at radius 3 is 2.54 bits per heavy atom. The Morgan fingerprint density at radius 1 is 1.33 bits per heavy atom. The summed E-state index contributed by atoms with van der Waals surface area (Å²) in [4.78, 5) is 4.44. The molecule has 1 saturated heterocycles. The van der Waals surface area contributed by atoms with E-state index in [1.54, 1.807) is 12.1 Å². The molecule has 5 nitrogen and oxygen atoms in total. The molecule has 3 aliphatic rings. The molecule has 7 heteroatoms. The Balaban J connectivity index is 2.03. The predicted octanol–water partition coefficient (Wildman–Crippen LogP) is 2.30. The molecule has 0 bridgehead atoms. The second-order valence-corrected chi connectivity index (χ2v) is 7.52. The number of thioether (sulfide) groups is 1. The van der Waals surface area contributed by atoms with E-state index in [1.807, 2.05) is 6.92 Å². The maximum Gasteiger partial charge on any atom is 0.231 e. The lowest BCUT2D eigenvalue weighted by Crippen LogP contribution is -2.39. The van der Waals surface area contributed by atoms with E-state index >= 15 is 0 Å². The molecule has 0 unspecified atom stereocenters. The van der Waals surface area contributed by atoms with Gasteiger partial charge in [-0.15, -0.1) is 0 Å². The average molecular weight is 342 g/mol. The number of nitrogens with two attached hydrogens (primary N) is 1. The fourth-order valence-electron chi connectivity index (χ4n) is 4.94. The van der Waals surface area contributed by atoms with Crippen LogP contribution >= 0.6 is 11.8 Å². The minimum absolute atomic E-state index is 0.145. The third kappa shape index (κ3) is 1.20. The minimum atomic E-state index is -1.25. The molecule has 2 aliphatic heterocycles. The van der Waals surface area contributed by atoms with Crippen molar-refractivity contribution in [2.45, 2.75) is 23.8 Å². The van der Waals surface area contributed by atoms with Crippen molar-refractivity contribution in [1.82, 2.24) is 0 Å². The smallest absolute Gasteiger partial charge is 0.231 e. The van der Waals surface area contributed by atoms with Crippen LogP contribution in [0.2, 0.25) is 0 Å². The zero-order valence-electron chi connectivity index (χ0n) is 13.0. The van der Waals surface area contributed by atoms with Crippen molar-refractivity contribution in [2.24, 2.45) is 21.6 Å². The Labute approximate surface area is 143 Å². The number of aliphatic imine (C=N–C) groups is 1. The number of fused-ring (bicyclic) bond motifs is 2. The van der Waals surface area contributed by atoms with Crippen LogP contribution in [0.25, 0.3) is 0 Å². The number of rotatable bonds is 2. The van der Waals surface area contributed by atoms with Crippen molar-refractivity contribution in [3.8, 4) is 12.1 Å². The predicted molar refractivity (Wildman–Crippen MR) is 87.2 cm³/mol. The van der Waals surface area contributed by atoms with Gasteiger partial charge in [-0.3, -0.25) is 0 Å². The van der Waals surface area contributed by atoms with Crippen LogP contribution in [-0.2, 0) is 10.2 Å². The fraction of sp³-hybridized carbons (Fsp3) is 0.471. The van der Waals surface area contributed by atoms with Gasteiger partial charge >= 0.3 is 0 Å². The number of hydrogen-bond donors (Lipinski definition) is 1. The summed E-state index contributed by atoms with van der Waals surface area (Å²) in [6.07, 6.45) is 0.502. The number of ether oxygens (including phenoxy) is 1. The van der Waals surface area contributed by atoms with Gasteiger partial charge in [-0.05, 0) is 24.1 Å². The van der Waals surface area contributed by atoms with Crippen molar-refractivity contribution in [3.63, 3.8) is 0 Å². The highest BCUT2D eigenvalue weighted by Crippen LogP contribution is 2.88. The Bertz CT molecular complexity index is 836. The summed E-state index contributed by atoms with van der Waals surface area (Å²) in [5, 5.41) is 19.1. The summed E-state index contributed by atoms with van der Waals surface area (Å²) in [5.74, 6) is 0.466. The summed E-state index contributed by atoms with van der Waals surface area (Å²) in [7, 11) is 0. The van der Waals surface area contributed by atoms with Crippen molar-refractivity contribution >= 4 is 17.6 Å². The number of halogens is 1. The largest absolute Gasteiger partial charge is 0.386 e. The first-order valence-corrected chi connectivity index (χ1v) is 8.73. The molecule has 122 valence electrons. The van der Waals surface area contributed by atoms with Gasteiger partial charge in [0.15, 0.2) is 10.8 Å².